The molecular weight excluding hydrogens is 332 g/mol. The van der Waals surface area contributed by atoms with Crippen molar-refractivity contribution in [1.29, 1.82) is 0 Å². The van der Waals surface area contributed by atoms with Crippen molar-refractivity contribution in [2.45, 2.75) is 45.6 Å². The molecule has 1 aliphatic heterocycles. The molecule has 0 atom stereocenters. The van der Waals surface area contributed by atoms with Gasteiger partial charge in [-0.3, -0.25) is 9.89 Å². The van der Waals surface area contributed by atoms with Gasteiger partial charge in [0.25, 0.3) is 5.91 Å². The highest BCUT2D eigenvalue weighted by Gasteiger charge is 2.24. The van der Waals surface area contributed by atoms with Gasteiger partial charge in [0.15, 0.2) is 5.69 Å². The number of hydrogen-bond donors (Lipinski definition) is 3. The highest BCUT2D eigenvalue weighted by molar-refractivity contribution is 7.16. The van der Waals surface area contributed by atoms with Crippen molar-refractivity contribution in [3.63, 3.8) is 0 Å². The zero-order valence-corrected chi connectivity index (χ0v) is 14.8. The van der Waals surface area contributed by atoms with Crippen molar-refractivity contribution in [1.82, 2.24) is 15.5 Å². The second-order valence-electron chi connectivity index (χ2n) is 6.08. The molecule has 0 fully saturated rings. The van der Waals surface area contributed by atoms with Gasteiger partial charge in [-0.05, 0) is 43.7 Å². The SMILES string of the molecule is Cc1c(NC(=O)c2n[nH]c3c2CNCC3)sc2c1CCCC2.Cl. The summed E-state index contributed by atoms with van der Waals surface area (Å²) < 4.78 is 0. The van der Waals surface area contributed by atoms with Gasteiger partial charge in [-0.2, -0.15) is 5.10 Å². The number of aromatic nitrogens is 2. The van der Waals surface area contributed by atoms with E-state index in [2.05, 4.69) is 27.8 Å². The summed E-state index contributed by atoms with van der Waals surface area (Å²) in [5, 5.41) is 14.6. The molecule has 2 aromatic rings. The van der Waals surface area contributed by atoms with Crippen LogP contribution in [0.5, 0.6) is 0 Å². The predicted molar refractivity (Wildman–Crippen MR) is 94.9 cm³/mol. The molecule has 2 aromatic heterocycles. The number of nitrogens with one attached hydrogen (secondary N) is 3. The lowest BCUT2D eigenvalue weighted by molar-refractivity contribution is 0.102. The maximum absolute atomic E-state index is 12.6. The van der Waals surface area contributed by atoms with Gasteiger partial charge in [-0.1, -0.05) is 0 Å². The van der Waals surface area contributed by atoms with E-state index in [1.54, 1.807) is 11.3 Å². The molecule has 23 heavy (non-hydrogen) atoms. The number of H-pyrrole nitrogens is 1. The third-order valence-electron chi connectivity index (χ3n) is 4.68. The van der Waals surface area contributed by atoms with Crippen molar-refractivity contribution in [3.8, 4) is 0 Å². The average molecular weight is 353 g/mol. The Morgan fingerprint density at radius 3 is 2.87 bits per heavy atom. The number of carbonyl (C=O) groups excluding carboxylic acids is 1. The van der Waals surface area contributed by atoms with Gasteiger partial charge in [0.1, 0.15) is 0 Å². The Morgan fingerprint density at radius 2 is 2.04 bits per heavy atom. The van der Waals surface area contributed by atoms with Crippen molar-refractivity contribution in [2.75, 3.05) is 11.9 Å². The number of halogens is 1. The van der Waals surface area contributed by atoms with Gasteiger partial charge in [-0.25, -0.2) is 0 Å². The molecule has 3 N–H and O–H groups in total. The van der Waals surface area contributed by atoms with E-state index < -0.39 is 0 Å². The first-order valence-corrected chi connectivity index (χ1v) is 8.75. The molecule has 4 rings (SSSR count). The van der Waals surface area contributed by atoms with Crippen LogP contribution < -0.4 is 10.6 Å². The van der Waals surface area contributed by atoms with E-state index in [4.69, 9.17) is 0 Å². The third kappa shape index (κ3) is 2.91. The molecule has 0 saturated carbocycles. The monoisotopic (exact) mass is 352 g/mol. The number of rotatable bonds is 2. The van der Waals surface area contributed by atoms with E-state index in [1.165, 1.54) is 28.8 Å². The smallest absolute Gasteiger partial charge is 0.277 e. The Kier molecular flexibility index (Phi) is 4.75. The first-order chi connectivity index (χ1) is 10.7. The second kappa shape index (κ2) is 6.63. The van der Waals surface area contributed by atoms with Crippen LogP contribution in [-0.4, -0.2) is 22.6 Å². The van der Waals surface area contributed by atoms with Crippen LogP contribution in [0.15, 0.2) is 0 Å². The Labute approximate surface area is 145 Å². The van der Waals surface area contributed by atoms with E-state index in [0.29, 0.717) is 12.2 Å². The molecule has 2 aliphatic rings. The summed E-state index contributed by atoms with van der Waals surface area (Å²) in [4.78, 5) is 14.0. The fourth-order valence-corrected chi connectivity index (χ4v) is 4.71. The number of aromatic amines is 1. The quantitative estimate of drug-likeness (QED) is 0.778. The Balaban J connectivity index is 0.00000156. The van der Waals surface area contributed by atoms with Crippen LogP contribution in [0.1, 0.15) is 50.6 Å². The third-order valence-corrected chi connectivity index (χ3v) is 5.99. The maximum atomic E-state index is 12.6. The van der Waals surface area contributed by atoms with Crippen molar-refractivity contribution in [3.05, 3.63) is 33.0 Å². The van der Waals surface area contributed by atoms with E-state index in [-0.39, 0.29) is 18.3 Å². The number of anilines is 1. The number of carbonyl (C=O) groups is 1. The first kappa shape index (κ1) is 16.5. The zero-order chi connectivity index (χ0) is 15.1. The molecule has 0 radical (unpaired) electrons. The molecule has 0 saturated heterocycles. The minimum Gasteiger partial charge on any atom is -0.312 e. The fraction of sp³-hybridized carbons (Fsp3) is 0.500. The topological polar surface area (TPSA) is 69.8 Å². The minimum atomic E-state index is -0.0945. The van der Waals surface area contributed by atoms with E-state index in [0.717, 1.165) is 42.1 Å². The summed E-state index contributed by atoms with van der Waals surface area (Å²) in [7, 11) is 0. The molecular formula is C16H21ClN4OS. The summed E-state index contributed by atoms with van der Waals surface area (Å²) >= 11 is 1.74. The molecule has 0 spiro atoms. The highest BCUT2D eigenvalue weighted by atomic mass is 35.5. The molecule has 7 heteroatoms. The minimum absolute atomic E-state index is 0. The van der Waals surface area contributed by atoms with Crippen molar-refractivity contribution < 1.29 is 4.79 Å². The average Bonchev–Trinajstić information content (AvgIpc) is 3.10. The van der Waals surface area contributed by atoms with E-state index >= 15 is 0 Å². The fourth-order valence-electron chi connectivity index (χ4n) is 3.42. The highest BCUT2D eigenvalue weighted by Crippen LogP contribution is 2.37. The Hall–Kier alpha value is -1.37. The van der Waals surface area contributed by atoms with Gasteiger partial charge in [-0.15, -0.1) is 23.7 Å². The van der Waals surface area contributed by atoms with Gasteiger partial charge in [0.2, 0.25) is 0 Å². The molecule has 5 nitrogen and oxygen atoms in total. The normalized spacial score (nSPS) is 16.2. The Morgan fingerprint density at radius 1 is 1.22 bits per heavy atom. The van der Waals surface area contributed by atoms with Crippen molar-refractivity contribution in [2.24, 2.45) is 0 Å². The van der Waals surface area contributed by atoms with Gasteiger partial charge in [0.05, 0.1) is 5.00 Å². The predicted octanol–water partition coefficient (Wildman–Crippen LogP) is 2.98. The second-order valence-corrected chi connectivity index (χ2v) is 7.18. The lowest BCUT2D eigenvalue weighted by atomic mass is 9.96. The molecule has 0 unspecified atom stereocenters. The van der Waals surface area contributed by atoms with Crippen LogP contribution in [-0.2, 0) is 25.8 Å². The van der Waals surface area contributed by atoms with Gasteiger partial charge in [0, 0.05) is 35.6 Å². The van der Waals surface area contributed by atoms with E-state index in [1.807, 2.05) is 0 Å². The summed E-state index contributed by atoms with van der Waals surface area (Å²) in [6, 6.07) is 0. The van der Waals surface area contributed by atoms with Crippen LogP contribution in [0.4, 0.5) is 5.00 Å². The van der Waals surface area contributed by atoms with Crippen molar-refractivity contribution >= 4 is 34.7 Å². The summed E-state index contributed by atoms with van der Waals surface area (Å²) in [6.45, 7) is 3.78. The molecule has 0 aromatic carbocycles. The first-order valence-electron chi connectivity index (χ1n) is 7.93. The summed E-state index contributed by atoms with van der Waals surface area (Å²) in [6.07, 6.45) is 5.73. The molecule has 1 amide bonds. The summed E-state index contributed by atoms with van der Waals surface area (Å²) in [5.74, 6) is -0.0945. The number of nitrogens with zero attached hydrogens (tertiary/aromatic N) is 1. The Bertz CT molecular complexity index is 737. The maximum Gasteiger partial charge on any atom is 0.277 e. The van der Waals surface area contributed by atoms with Crippen LogP contribution in [0.2, 0.25) is 0 Å². The lowest BCUT2D eigenvalue weighted by Crippen LogP contribution is -2.25. The van der Waals surface area contributed by atoms with Crippen LogP contribution in [0, 0.1) is 6.92 Å². The number of aryl methyl sites for hydroxylation is 1. The standard InChI is InChI=1S/C16H20N4OS.ClH/c1-9-10-4-2-3-5-13(10)22-16(9)18-15(21)14-11-8-17-7-6-12(11)19-20-14;/h17H,2-8H2,1H3,(H,18,21)(H,19,20);1H. The van der Waals surface area contributed by atoms with Crippen LogP contribution in [0.3, 0.4) is 0 Å². The molecule has 1 aliphatic carbocycles. The zero-order valence-electron chi connectivity index (χ0n) is 13.1. The van der Waals surface area contributed by atoms with E-state index in [9.17, 15) is 4.79 Å². The van der Waals surface area contributed by atoms with Gasteiger partial charge < -0.3 is 10.6 Å². The van der Waals surface area contributed by atoms with Crippen LogP contribution >= 0.6 is 23.7 Å². The number of amides is 1. The van der Waals surface area contributed by atoms with Gasteiger partial charge >= 0.3 is 0 Å². The summed E-state index contributed by atoms with van der Waals surface area (Å²) in [5.41, 5.74) is 5.34. The number of fused-ring (bicyclic) bond motifs is 2. The molecule has 3 heterocycles. The lowest BCUT2D eigenvalue weighted by Gasteiger charge is -2.12. The molecule has 0 bridgehead atoms. The number of hydrogen-bond acceptors (Lipinski definition) is 4. The van der Waals surface area contributed by atoms with Crippen LogP contribution in [0.25, 0.3) is 0 Å². The number of thiophene rings is 1. The molecule has 124 valence electrons. The largest absolute Gasteiger partial charge is 0.312 e.